The van der Waals surface area contributed by atoms with E-state index in [1.54, 1.807) is 0 Å². The molecule has 1 fully saturated rings. The fraction of sp³-hybridized carbons (Fsp3) is 0.400. The van der Waals surface area contributed by atoms with Crippen LogP contribution >= 0.6 is 12.2 Å². The third kappa shape index (κ3) is 2.41. The molecule has 2 N–H and O–H groups in total. The summed E-state index contributed by atoms with van der Waals surface area (Å²) in [6.45, 7) is 2.09. The lowest BCUT2D eigenvalue weighted by Crippen LogP contribution is -2.40. The normalized spacial score (nSPS) is 28.4. The van der Waals surface area contributed by atoms with Gasteiger partial charge in [-0.3, -0.25) is 0 Å². The second-order valence-corrected chi connectivity index (χ2v) is 5.76. The molecule has 2 aliphatic rings. The van der Waals surface area contributed by atoms with E-state index in [0.29, 0.717) is 12.0 Å². The molecular formula is C15H18N2S. The van der Waals surface area contributed by atoms with Crippen LogP contribution in [-0.4, -0.2) is 11.2 Å². The van der Waals surface area contributed by atoms with Crippen LogP contribution in [0.25, 0.3) is 0 Å². The Kier molecular flexibility index (Phi) is 3.08. The predicted octanol–water partition coefficient (Wildman–Crippen LogP) is 3.25. The molecule has 18 heavy (non-hydrogen) atoms. The standard InChI is InChI=1S/C15H18N2S/c1-10-3-2-4-13(7-10)16-15(18)17-14-9-11-5-6-12(14)8-11/h2-7,11-12,14H,8-9H2,1H3,(H2,16,17,18)/t11-,12+,14+/m1/s1. The number of allylic oxidation sites excluding steroid dienone is 1. The molecule has 0 radical (unpaired) electrons. The molecular weight excluding hydrogens is 240 g/mol. The molecule has 2 nitrogen and oxygen atoms in total. The van der Waals surface area contributed by atoms with E-state index in [1.807, 2.05) is 12.1 Å². The first-order valence-electron chi connectivity index (χ1n) is 6.53. The minimum absolute atomic E-state index is 0.518. The number of fused-ring (bicyclic) bond motifs is 2. The van der Waals surface area contributed by atoms with Crippen LogP contribution in [0.15, 0.2) is 36.4 Å². The van der Waals surface area contributed by atoms with E-state index in [1.165, 1.54) is 18.4 Å². The van der Waals surface area contributed by atoms with E-state index >= 15 is 0 Å². The number of thiocarbonyl (C=S) groups is 1. The van der Waals surface area contributed by atoms with Crippen LogP contribution in [0, 0.1) is 18.8 Å². The van der Waals surface area contributed by atoms with Crippen molar-refractivity contribution in [2.24, 2.45) is 11.8 Å². The van der Waals surface area contributed by atoms with Crippen LogP contribution in [0.1, 0.15) is 18.4 Å². The summed E-state index contributed by atoms with van der Waals surface area (Å²) in [5, 5.41) is 7.45. The molecule has 2 aliphatic carbocycles. The van der Waals surface area contributed by atoms with E-state index in [9.17, 15) is 0 Å². The van der Waals surface area contributed by atoms with Gasteiger partial charge in [0.25, 0.3) is 0 Å². The summed E-state index contributed by atoms with van der Waals surface area (Å²) in [5.41, 5.74) is 2.30. The van der Waals surface area contributed by atoms with Gasteiger partial charge in [-0.25, -0.2) is 0 Å². The quantitative estimate of drug-likeness (QED) is 0.629. The Labute approximate surface area is 113 Å². The Morgan fingerprint density at radius 3 is 2.83 bits per heavy atom. The fourth-order valence-electron chi connectivity index (χ4n) is 3.01. The molecule has 0 spiro atoms. The Hall–Kier alpha value is -1.35. The predicted molar refractivity (Wildman–Crippen MR) is 79.7 cm³/mol. The highest BCUT2D eigenvalue weighted by atomic mass is 32.1. The van der Waals surface area contributed by atoms with Crippen LogP contribution in [0.3, 0.4) is 0 Å². The zero-order chi connectivity index (χ0) is 12.5. The Morgan fingerprint density at radius 2 is 2.17 bits per heavy atom. The van der Waals surface area contributed by atoms with Gasteiger partial charge >= 0.3 is 0 Å². The van der Waals surface area contributed by atoms with Crippen molar-refractivity contribution in [1.82, 2.24) is 5.32 Å². The number of rotatable bonds is 2. The van der Waals surface area contributed by atoms with Crippen molar-refractivity contribution < 1.29 is 0 Å². The number of nitrogens with one attached hydrogen (secondary N) is 2. The maximum Gasteiger partial charge on any atom is 0.171 e. The summed E-state index contributed by atoms with van der Waals surface area (Å²) in [6.07, 6.45) is 7.20. The van der Waals surface area contributed by atoms with Gasteiger partial charge in [0.1, 0.15) is 0 Å². The van der Waals surface area contributed by atoms with E-state index in [4.69, 9.17) is 12.2 Å². The molecule has 1 aromatic carbocycles. The lowest BCUT2D eigenvalue weighted by Gasteiger charge is -2.22. The third-order valence-electron chi connectivity index (χ3n) is 3.87. The fourth-order valence-corrected chi connectivity index (χ4v) is 3.27. The largest absolute Gasteiger partial charge is 0.359 e. The van der Waals surface area contributed by atoms with E-state index < -0.39 is 0 Å². The summed E-state index contributed by atoms with van der Waals surface area (Å²) in [7, 11) is 0. The van der Waals surface area contributed by atoms with Crippen molar-refractivity contribution in [2.75, 3.05) is 5.32 Å². The molecule has 1 aromatic rings. The molecule has 3 rings (SSSR count). The molecule has 94 valence electrons. The molecule has 2 bridgehead atoms. The third-order valence-corrected chi connectivity index (χ3v) is 4.09. The summed E-state index contributed by atoms with van der Waals surface area (Å²) >= 11 is 5.39. The van der Waals surface area contributed by atoms with E-state index in [0.717, 1.165) is 16.7 Å². The smallest absolute Gasteiger partial charge is 0.171 e. The Morgan fingerprint density at radius 1 is 1.28 bits per heavy atom. The average molecular weight is 258 g/mol. The average Bonchev–Trinajstić information content (AvgIpc) is 2.90. The minimum atomic E-state index is 0.518. The number of anilines is 1. The highest BCUT2D eigenvalue weighted by Gasteiger charge is 2.35. The molecule has 1 saturated carbocycles. The van der Waals surface area contributed by atoms with Crippen molar-refractivity contribution in [3.05, 3.63) is 42.0 Å². The van der Waals surface area contributed by atoms with Crippen LogP contribution in [0.4, 0.5) is 5.69 Å². The van der Waals surface area contributed by atoms with Crippen molar-refractivity contribution >= 4 is 23.0 Å². The lowest BCUT2D eigenvalue weighted by molar-refractivity contribution is 0.526. The van der Waals surface area contributed by atoms with Gasteiger partial charge in [0.2, 0.25) is 0 Å². The highest BCUT2D eigenvalue weighted by molar-refractivity contribution is 7.80. The molecule has 0 unspecified atom stereocenters. The first kappa shape index (κ1) is 11.7. The maximum absolute atomic E-state index is 5.39. The summed E-state index contributed by atoms with van der Waals surface area (Å²) in [6, 6.07) is 8.80. The van der Waals surface area contributed by atoms with Crippen LogP contribution in [-0.2, 0) is 0 Å². The zero-order valence-corrected chi connectivity index (χ0v) is 11.3. The second kappa shape index (κ2) is 4.73. The van der Waals surface area contributed by atoms with Crippen molar-refractivity contribution in [3.63, 3.8) is 0 Å². The SMILES string of the molecule is Cc1cccc(NC(=S)N[C@H]2C[C@@H]3C=C[C@H]2C3)c1. The summed E-state index contributed by atoms with van der Waals surface area (Å²) < 4.78 is 0. The van der Waals surface area contributed by atoms with Gasteiger partial charge in [0.05, 0.1) is 0 Å². The van der Waals surface area contributed by atoms with Crippen LogP contribution in [0.5, 0.6) is 0 Å². The van der Waals surface area contributed by atoms with E-state index in [-0.39, 0.29) is 0 Å². The van der Waals surface area contributed by atoms with Gasteiger partial charge in [-0.1, -0.05) is 24.3 Å². The number of benzene rings is 1. The number of hydrogen-bond acceptors (Lipinski definition) is 1. The van der Waals surface area contributed by atoms with Gasteiger partial charge in [-0.2, -0.15) is 0 Å². The highest BCUT2D eigenvalue weighted by Crippen LogP contribution is 2.38. The summed E-state index contributed by atoms with van der Waals surface area (Å²) in [5.74, 6) is 1.45. The maximum atomic E-state index is 5.39. The van der Waals surface area contributed by atoms with Gasteiger partial charge in [0, 0.05) is 11.7 Å². The molecule has 0 saturated heterocycles. The molecule has 3 atom stereocenters. The molecule has 0 aliphatic heterocycles. The number of hydrogen-bond donors (Lipinski definition) is 2. The molecule has 3 heteroatoms. The molecule has 0 aromatic heterocycles. The van der Waals surface area contributed by atoms with Crippen LogP contribution in [0.2, 0.25) is 0 Å². The van der Waals surface area contributed by atoms with Crippen LogP contribution < -0.4 is 10.6 Å². The zero-order valence-electron chi connectivity index (χ0n) is 10.5. The Bertz CT molecular complexity index is 495. The van der Waals surface area contributed by atoms with E-state index in [2.05, 4.69) is 41.8 Å². The monoisotopic (exact) mass is 258 g/mol. The minimum Gasteiger partial charge on any atom is -0.359 e. The Balaban J connectivity index is 1.58. The second-order valence-electron chi connectivity index (χ2n) is 5.35. The van der Waals surface area contributed by atoms with Crippen molar-refractivity contribution in [2.45, 2.75) is 25.8 Å². The van der Waals surface area contributed by atoms with Crippen molar-refractivity contribution in [3.8, 4) is 0 Å². The topological polar surface area (TPSA) is 24.1 Å². The molecule has 0 amide bonds. The van der Waals surface area contributed by atoms with Gasteiger partial charge in [-0.15, -0.1) is 0 Å². The molecule has 0 heterocycles. The van der Waals surface area contributed by atoms with Gasteiger partial charge < -0.3 is 10.6 Å². The lowest BCUT2D eigenvalue weighted by atomic mass is 10.0. The number of aryl methyl sites for hydroxylation is 1. The van der Waals surface area contributed by atoms with Gasteiger partial charge in [0.15, 0.2) is 5.11 Å². The van der Waals surface area contributed by atoms with Crippen molar-refractivity contribution in [1.29, 1.82) is 0 Å². The summed E-state index contributed by atoms with van der Waals surface area (Å²) in [4.78, 5) is 0. The van der Waals surface area contributed by atoms with Gasteiger partial charge in [-0.05, 0) is 61.5 Å². The first-order valence-corrected chi connectivity index (χ1v) is 6.94. The first-order chi connectivity index (χ1) is 8.70.